The summed E-state index contributed by atoms with van der Waals surface area (Å²) in [6.45, 7) is 1.02. The molecular weight excluding hydrogens is 403 g/mol. The van der Waals surface area contributed by atoms with E-state index in [1.165, 1.54) is 11.0 Å². The number of hydrogen-bond acceptors (Lipinski definition) is 5. The Morgan fingerprint density at radius 2 is 1.97 bits per heavy atom. The van der Waals surface area contributed by atoms with Gasteiger partial charge in [-0.1, -0.05) is 24.1 Å². The van der Waals surface area contributed by atoms with Crippen molar-refractivity contribution in [2.45, 2.75) is 32.7 Å². The van der Waals surface area contributed by atoms with Gasteiger partial charge < -0.3 is 15.7 Å². The number of alkyl halides is 3. The van der Waals surface area contributed by atoms with E-state index in [2.05, 4.69) is 0 Å². The average molecular weight is 423 g/mol. The van der Waals surface area contributed by atoms with E-state index < -0.39 is 24.3 Å². The van der Waals surface area contributed by atoms with Crippen LogP contribution in [0, 0.1) is 0 Å². The number of allylic oxidation sites excluding steroid dienone is 2. The van der Waals surface area contributed by atoms with Crippen molar-refractivity contribution in [3.8, 4) is 0 Å². The van der Waals surface area contributed by atoms with Crippen molar-refractivity contribution in [1.29, 1.82) is 0 Å². The fourth-order valence-corrected chi connectivity index (χ4v) is 3.50. The van der Waals surface area contributed by atoms with Crippen molar-refractivity contribution in [2.75, 3.05) is 4.90 Å². The molecule has 0 saturated heterocycles. The number of hydrogen-bond donors (Lipinski definition) is 3. The SMILES string of the molecule is C/C(SN)=C(/N)Cc1cccc(N2Cc3c(cc(CO)cc3C(F)(F)F)C2=O)c1. The van der Waals surface area contributed by atoms with Crippen LogP contribution in [0.1, 0.15) is 39.5 Å². The van der Waals surface area contributed by atoms with Crippen molar-refractivity contribution in [1.82, 2.24) is 0 Å². The van der Waals surface area contributed by atoms with Crippen LogP contribution >= 0.6 is 11.9 Å². The molecule has 1 aliphatic heterocycles. The second-order valence-corrected chi connectivity index (χ2v) is 7.61. The summed E-state index contributed by atoms with van der Waals surface area (Å²) in [7, 11) is 0. The molecule has 1 aliphatic rings. The largest absolute Gasteiger partial charge is 0.416 e. The number of nitrogens with zero attached hydrogens (tertiary/aromatic N) is 1. The van der Waals surface area contributed by atoms with Gasteiger partial charge in [0.15, 0.2) is 0 Å². The second kappa shape index (κ2) is 8.10. The van der Waals surface area contributed by atoms with Crippen LogP contribution in [0.25, 0.3) is 0 Å². The summed E-state index contributed by atoms with van der Waals surface area (Å²) in [6, 6.07) is 9.15. The van der Waals surface area contributed by atoms with Crippen LogP contribution in [0.15, 0.2) is 47.0 Å². The lowest BCUT2D eigenvalue weighted by Gasteiger charge is -2.17. The van der Waals surface area contributed by atoms with E-state index in [4.69, 9.17) is 10.9 Å². The van der Waals surface area contributed by atoms with Crippen molar-refractivity contribution in [2.24, 2.45) is 10.9 Å². The van der Waals surface area contributed by atoms with Crippen molar-refractivity contribution in [3.63, 3.8) is 0 Å². The lowest BCUT2D eigenvalue weighted by molar-refractivity contribution is -0.138. The lowest BCUT2D eigenvalue weighted by atomic mass is 9.99. The van der Waals surface area contributed by atoms with Gasteiger partial charge >= 0.3 is 6.18 Å². The van der Waals surface area contributed by atoms with Crippen molar-refractivity contribution >= 4 is 23.5 Å². The van der Waals surface area contributed by atoms with Crippen molar-refractivity contribution < 1.29 is 23.1 Å². The minimum Gasteiger partial charge on any atom is -0.401 e. The Hall–Kier alpha value is -2.49. The van der Waals surface area contributed by atoms with Gasteiger partial charge in [-0.05, 0) is 47.9 Å². The first kappa shape index (κ1) is 21.2. The number of amides is 1. The Morgan fingerprint density at radius 3 is 2.59 bits per heavy atom. The standard InChI is InChI=1S/C20H20F3N3O2S/c1-11(29-25)18(24)8-12-3-2-4-14(5-12)26-9-16-15(19(26)28)6-13(10-27)7-17(16)20(21,22)23/h2-7,27H,8-10,24-25H2,1H3/b18-11-. The van der Waals surface area contributed by atoms with E-state index >= 15 is 0 Å². The quantitative estimate of drug-likeness (QED) is 0.638. The Morgan fingerprint density at radius 1 is 1.24 bits per heavy atom. The fourth-order valence-electron chi connectivity index (χ4n) is 3.28. The molecule has 0 aromatic heterocycles. The fraction of sp³-hybridized carbons (Fsp3) is 0.250. The number of carbonyl (C=O) groups is 1. The summed E-state index contributed by atoms with van der Waals surface area (Å²) in [6.07, 6.45) is -4.22. The van der Waals surface area contributed by atoms with E-state index in [-0.39, 0.29) is 23.2 Å². The Labute approximate surface area is 170 Å². The van der Waals surface area contributed by atoms with Gasteiger partial charge in [0.1, 0.15) is 0 Å². The number of benzene rings is 2. The molecule has 9 heteroatoms. The molecule has 2 aromatic rings. The van der Waals surface area contributed by atoms with Gasteiger partial charge in [-0.15, -0.1) is 0 Å². The zero-order valence-electron chi connectivity index (χ0n) is 15.6. The lowest BCUT2D eigenvalue weighted by Crippen LogP contribution is -2.23. The van der Waals surface area contributed by atoms with E-state index in [0.29, 0.717) is 17.8 Å². The first-order valence-corrected chi connectivity index (χ1v) is 9.60. The third-order valence-corrected chi connectivity index (χ3v) is 5.45. The van der Waals surface area contributed by atoms with Gasteiger partial charge in [0.05, 0.1) is 18.7 Å². The predicted octanol–water partition coefficient (Wildman–Crippen LogP) is 3.70. The molecule has 5 nitrogen and oxygen atoms in total. The maximum absolute atomic E-state index is 13.5. The molecule has 2 aromatic carbocycles. The van der Waals surface area contributed by atoms with E-state index in [0.717, 1.165) is 28.5 Å². The summed E-state index contributed by atoms with van der Waals surface area (Å²) < 4.78 is 40.5. The zero-order chi connectivity index (χ0) is 21.3. The zero-order valence-corrected chi connectivity index (χ0v) is 16.4. The van der Waals surface area contributed by atoms with Gasteiger partial charge in [0.2, 0.25) is 0 Å². The van der Waals surface area contributed by atoms with Crippen LogP contribution in [-0.2, 0) is 25.7 Å². The Bertz CT molecular complexity index is 989. The minimum absolute atomic E-state index is 0.0379. The molecule has 0 bridgehead atoms. The number of halogens is 3. The first-order valence-electron chi connectivity index (χ1n) is 8.72. The highest BCUT2D eigenvalue weighted by molar-refractivity contribution is 8.00. The summed E-state index contributed by atoms with van der Waals surface area (Å²) in [5, 5.41) is 14.8. The number of aliphatic hydroxyl groups is 1. The normalized spacial score (nSPS) is 14.8. The molecule has 0 radical (unpaired) electrons. The molecule has 29 heavy (non-hydrogen) atoms. The molecule has 0 aliphatic carbocycles. The number of carbonyl (C=O) groups excluding carboxylic acids is 1. The summed E-state index contributed by atoms with van der Waals surface area (Å²) in [5.41, 5.74) is 6.91. The first-order chi connectivity index (χ1) is 13.7. The van der Waals surface area contributed by atoms with Crippen molar-refractivity contribution in [3.05, 3.63) is 74.8 Å². The number of rotatable bonds is 5. The highest BCUT2D eigenvalue weighted by atomic mass is 32.2. The second-order valence-electron chi connectivity index (χ2n) is 6.76. The van der Waals surface area contributed by atoms with Gasteiger partial charge in [0, 0.05) is 28.3 Å². The molecule has 5 N–H and O–H groups in total. The van der Waals surface area contributed by atoms with E-state index in [9.17, 15) is 23.1 Å². The Balaban J connectivity index is 1.98. The maximum Gasteiger partial charge on any atom is 0.416 e. The molecule has 0 unspecified atom stereocenters. The Kier molecular flexibility index (Phi) is 5.92. The number of anilines is 1. The van der Waals surface area contributed by atoms with Crippen LogP contribution in [-0.4, -0.2) is 11.0 Å². The van der Waals surface area contributed by atoms with E-state index in [1.807, 2.05) is 6.07 Å². The molecule has 3 rings (SSSR count). The summed E-state index contributed by atoms with van der Waals surface area (Å²) >= 11 is 1.04. The highest BCUT2D eigenvalue weighted by Crippen LogP contribution is 2.39. The molecule has 0 saturated carbocycles. The minimum atomic E-state index is -4.62. The molecule has 1 amide bonds. The molecule has 0 spiro atoms. The van der Waals surface area contributed by atoms with Crippen LogP contribution in [0.5, 0.6) is 0 Å². The molecular formula is C20H20F3N3O2S. The van der Waals surface area contributed by atoms with Gasteiger partial charge in [-0.3, -0.25) is 9.93 Å². The predicted molar refractivity (Wildman–Crippen MR) is 107 cm³/mol. The van der Waals surface area contributed by atoms with Gasteiger partial charge in [0.25, 0.3) is 5.91 Å². The number of fused-ring (bicyclic) bond motifs is 1. The monoisotopic (exact) mass is 423 g/mol. The summed E-state index contributed by atoms with van der Waals surface area (Å²) in [4.78, 5) is 14.9. The molecule has 1 heterocycles. The van der Waals surface area contributed by atoms with Gasteiger partial charge in [-0.25, -0.2) is 0 Å². The maximum atomic E-state index is 13.5. The van der Waals surface area contributed by atoms with Crippen LogP contribution < -0.4 is 15.8 Å². The smallest absolute Gasteiger partial charge is 0.401 e. The topological polar surface area (TPSA) is 92.6 Å². The summed E-state index contributed by atoms with van der Waals surface area (Å²) in [5.74, 6) is -0.532. The molecule has 0 fully saturated rings. The van der Waals surface area contributed by atoms with E-state index in [1.54, 1.807) is 25.1 Å². The number of nitrogens with two attached hydrogens (primary N) is 2. The van der Waals surface area contributed by atoms with Crippen LogP contribution in [0.2, 0.25) is 0 Å². The van der Waals surface area contributed by atoms with Gasteiger partial charge in [-0.2, -0.15) is 13.2 Å². The van der Waals surface area contributed by atoms with Crippen LogP contribution in [0.3, 0.4) is 0 Å². The average Bonchev–Trinajstić information content (AvgIpc) is 3.02. The number of aliphatic hydroxyl groups excluding tert-OH is 1. The third-order valence-electron chi connectivity index (χ3n) is 4.84. The third kappa shape index (κ3) is 4.26. The van der Waals surface area contributed by atoms with Crippen LogP contribution in [0.4, 0.5) is 18.9 Å². The highest BCUT2D eigenvalue weighted by Gasteiger charge is 2.40. The molecule has 154 valence electrons. The molecule has 0 atom stereocenters.